The molecule has 44 heteroatoms. The average Bonchev–Trinajstić information content (AvgIpc) is 0.837. The van der Waals surface area contributed by atoms with Gasteiger partial charge in [-0.1, -0.05) is 0 Å². The number of aliphatic hydroxyl groups excluding tert-OH is 16. The first-order valence-electron chi connectivity index (χ1n) is 37.2. The second kappa shape index (κ2) is 63.8. The van der Waals surface area contributed by atoms with Crippen LogP contribution < -0.4 is 31.1 Å². The van der Waals surface area contributed by atoms with Crippen LogP contribution in [0, 0.1) is 23.7 Å². The molecule has 0 bridgehead atoms. The Kier molecular flexibility index (Phi) is 59.6. The third kappa shape index (κ3) is 43.6. The molecule has 1 aliphatic heterocycles. The Labute approximate surface area is 650 Å². The minimum Gasteiger partial charge on any atom is -0.548 e. The number of ether oxygens (including phenoxy) is 8. The lowest BCUT2D eigenvalue weighted by Gasteiger charge is -2.43. The van der Waals surface area contributed by atoms with Crippen LogP contribution in [-0.2, 0) is 76.3 Å². The van der Waals surface area contributed by atoms with Crippen molar-refractivity contribution in [3.63, 3.8) is 0 Å². The zero-order valence-corrected chi connectivity index (χ0v) is 63.5. The van der Waals surface area contributed by atoms with Crippen molar-refractivity contribution < 1.29 is 178 Å². The first kappa shape index (κ1) is 105. The third-order valence-electron chi connectivity index (χ3n) is 18.5. The lowest BCUT2D eigenvalue weighted by Crippen LogP contribution is -2.60. The lowest BCUT2D eigenvalue weighted by molar-refractivity contribution is -0.315. The molecule has 4 unspecified atom stereocenters. The number of rotatable bonds is 70. The molecule has 1 saturated heterocycles. The summed E-state index contributed by atoms with van der Waals surface area (Å²) in [5.41, 5.74) is 0. The van der Waals surface area contributed by atoms with Gasteiger partial charge in [-0.3, -0.25) is 38.8 Å². The van der Waals surface area contributed by atoms with Crippen molar-refractivity contribution in [2.45, 2.75) is 112 Å². The molecule has 4 amide bonds. The van der Waals surface area contributed by atoms with E-state index in [9.17, 15) is 140 Å². The first-order chi connectivity index (χ1) is 53.8. The molecule has 0 saturated carbocycles. The monoisotopic (exact) mass is 1630 g/mol. The Balaban J connectivity index is 4.31. The van der Waals surface area contributed by atoms with Crippen molar-refractivity contribution in [3.05, 3.63) is 0 Å². The van der Waals surface area contributed by atoms with Gasteiger partial charge in [0.1, 0.15) is 48.8 Å². The van der Waals surface area contributed by atoms with Gasteiger partial charge in [0.15, 0.2) is 0 Å². The molecule has 656 valence electrons. The van der Waals surface area contributed by atoms with Crippen LogP contribution in [0.2, 0.25) is 0 Å². The standard InChI is InChI=1S/C68H128N8O36/c77-21-51(22-78)105-37-47(38-106-52(23-79)24-80)17-69-63(95)3-1-59(65(97)98)73-9-10-74(60(66(99)100)2-4-64(96)70-18-48(39-107-53(25-81)26-82)40-108-54(27-83)28-84)12-14-76(62(68(103)104)6-8-72(46-94)20-50(43-111-57(33-89)34-90)44-112-58(35-91)36-92)16-15-75(13-11-73)61(67(101)102)5-7-71(45-93)19-49(41-109-55(29-85)30-86)42-110-56(31-87)32-88/h45-62,77-92H,1-44H2,(H,69,95)(H,70,96)(H,97,98)(H,99,100)(H,101,102)(H,103,104)/p-4. The SMILES string of the molecule is O=CN(CCC(C(=O)[O-])N1CCN(C(CCC(=O)NCC(COC(CO)CO)COC(CO)CO)C(=O)[O-])CCN(C(CCC(=O)NCC(COC(CO)CO)COC(CO)CO)C(=O)[O-])CCN(C(CCN(C=O)CC(COC(CO)CO)COC(CO)CO)C(=O)[O-])CC1)CC(COC(CO)CO)COC(CO)CO. The van der Waals surface area contributed by atoms with E-state index in [0.717, 1.165) is 9.80 Å². The summed E-state index contributed by atoms with van der Waals surface area (Å²) in [6.07, 6.45) is -11.2. The normalized spacial score (nSPS) is 15.4. The number of carboxylic acid groups (broad SMARTS) is 4. The van der Waals surface area contributed by atoms with E-state index >= 15 is 0 Å². The van der Waals surface area contributed by atoms with Gasteiger partial charge in [-0.2, -0.15) is 0 Å². The maximum Gasteiger partial charge on any atom is 0.220 e. The summed E-state index contributed by atoms with van der Waals surface area (Å²) in [5, 5.41) is 215. The molecule has 44 nitrogen and oxygen atoms in total. The number of hydrogen-bond acceptors (Lipinski definition) is 40. The molecule has 1 rings (SSSR count). The molecular weight excluding hydrogens is 1500 g/mol. The molecule has 1 aliphatic rings. The second-order valence-electron chi connectivity index (χ2n) is 27.0. The van der Waals surface area contributed by atoms with E-state index in [0.29, 0.717) is 12.8 Å². The maximum absolute atomic E-state index is 13.8. The number of nitrogens with one attached hydrogen (secondary N) is 2. The molecular formula is C68H124N8O36-4. The van der Waals surface area contributed by atoms with Crippen LogP contribution in [0.4, 0.5) is 0 Å². The summed E-state index contributed by atoms with van der Waals surface area (Å²) in [5.74, 6) is -11.9. The van der Waals surface area contributed by atoms with Gasteiger partial charge in [0.25, 0.3) is 0 Å². The van der Waals surface area contributed by atoms with Crippen LogP contribution >= 0.6 is 0 Å². The van der Waals surface area contributed by atoms with E-state index in [2.05, 4.69) is 10.6 Å². The van der Waals surface area contributed by atoms with Crippen molar-refractivity contribution in [1.82, 2.24) is 40.0 Å². The Morgan fingerprint density at radius 2 is 0.482 bits per heavy atom. The summed E-state index contributed by atoms with van der Waals surface area (Å²) < 4.78 is 44.6. The molecule has 1 fully saturated rings. The van der Waals surface area contributed by atoms with Crippen LogP contribution in [0.25, 0.3) is 0 Å². The van der Waals surface area contributed by atoms with Gasteiger partial charge >= 0.3 is 0 Å². The van der Waals surface area contributed by atoms with Gasteiger partial charge in [-0.15, -0.1) is 0 Å². The van der Waals surface area contributed by atoms with Gasteiger partial charge in [0.2, 0.25) is 24.6 Å². The molecule has 0 aromatic rings. The van der Waals surface area contributed by atoms with Crippen LogP contribution in [0.3, 0.4) is 0 Å². The molecule has 1 heterocycles. The van der Waals surface area contributed by atoms with Gasteiger partial charge < -0.3 is 180 Å². The highest BCUT2D eigenvalue weighted by atomic mass is 16.6. The number of amides is 4. The van der Waals surface area contributed by atoms with Crippen molar-refractivity contribution >= 4 is 48.5 Å². The second-order valence-corrected chi connectivity index (χ2v) is 27.0. The molecule has 18 N–H and O–H groups in total. The zero-order chi connectivity index (χ0) is 83.8. The predicted octanol–water partition coefficient (Wildman–Crippen LogP) is -17.4. The predicted molar refractivity (Wildman–Crippen MR) is 376 cm³/mol. The van der Waals surface area contributed by atoms with E-state index in [1.54, 1.807) is 0 Å². The molecule has 0 radical (unpaired) electrons. The van der Waals surface area contributed by atoms with E-state index in [4.69, 9.17) is 37.9 Å². The first-order valence-corrected chi connectivity index (χ1v) is 37.2. The number of aliphatic hydroxyl groups is 16. The maximum atomic E-state index is 13.8. The highest BCUT2D eigenvalue weighted by molar-refractivity contribution is 5.78. The fraction of sp³-hybridized carbons (Fsp3) is 0.882. The van der Waals surface area contributed by atoms with Crippen molar-refractivity contribution in [2.75, 3.05) is 250 Å². The highest BCUT2D eigenvalue weighted by Gasteiger charge is 2.33. The Bertz CT molecular complexity index is 2230. The van der Waals surface area contributed by atoms with Gasteiger partial charge in [-0.25, -0.2) is 0 Å². The van der Waals surface area contributed by atoms with Crippen molar-refractivity contribution in [1.29, 1.82) is 0 Å². The molecule has 0 aromatic heterocycles. The van der Waals surface area contributed by atoms with E-state index < -0.39 is 342 Å². The van der Waals surface area contributed by atoms with Crippen LogP contribution in [0.1, 0.15) is 38.5 Å². The number of hydrogen-bond donors (Lipinski definition) is 18. The van der Waals surface area contributed by atoms with Gasteiger partial charge in [0.05, 0.1) is 195 Å². The lowest BCUT2D eigenvalue weighted by atomic mass is 10.1. The third-order valence-corrected chi connectivity index (χ3v) is 18.5. The van der Waals surface area contributed by atoms with Gasteiger partial charge in [-0.05, 0) is 25.7 Å². The largest absolute Gasteiger partial charge is 0.548 e. The molecule has 0 aliphatic carbocycles. The molecule has 112 heavy (non-hydrogen) atoms. The fourth-order valence-electron chi connectivity index (χ4n) is 11.5. The van der Waals surface area contributed by atoms with Crippen LogP contribution in [-0.4, -0.2) is 483 Å². The molecule has 4 atom stereocenters. The van der Waals surface area contributed by atoms with E-state index in [1.165, 1.54) is 19.6 Å². The highest BCUT2D eigenvalue weighted by Crippen LogP contribution is 2.19. The smallest absolute Gasteiger partial charge is 0.220 e. The Morgan fingerprint density at radius 1 is 0.304 bits per heavy atom. The van der Waals surface area contributed by atoms with E-state index in [-0.39, 0.29) is 79.0 Å². The van der Waals surface area contributed by atoms with Crippen LogP contribution in [0.5, 0.6) is 0 Å². The summed E-state index contributed by atoms with van der Waals surface area (Å²) in [6, 6.07) is -7.10. The quantitative estimate of drug-likeness (QED) is 0.0251. The molecule has 0 aromatic carbocycles. The summed E-state index contributed by atoms with van der Waals surface area (Å²) >= 11 is 0. The summed E-state index contributed by atoms with van der Waals surface area (Å²) in [6.45, 7) is -17.9. The number of carbonyl (C=O) groups is 8. The zero-order valence-electron chi connectivity index (χ0n) is 63.5. The Morgan fingerprint density at radius 3 is 0.652 bits per heavy atom. The van der Waals surface area contributed by atoms with Crippen molar-refractivity contribution in [3.8, 4) is 0 Å². The number of aliphatic carboxylic acids is 4. The fourth-order valence-corrected chi connectivity index (χ4v) is 11.5. The minimum absolute atomic E-state index is 0.253. The summed E-state index contributed by atoms with van der Waals surface area (Å²) in [7, 11) is 0. The Hall–Kier alpha value is -5.36. The number of nitrogens with zero attached hydrogens (tertiary/aromatic N) is 6. The molecule has 0 spiro atoms. The summed E-state index contributed by atoms with van der Waals surface area (Å²) in [4.78, 5) is 115. The van der Waals surface area contributed by atoms with Crippen LogP contribution in [0.15, 0.2) is 0 Å². The topological polar surface area (TPSA) is 670 Å². The minimum atomic E-state index is -1.79. The van der Waals surface area contributed by atoms with E-state index in [1.807, 2.05) is 0 Å². The van der Waals surface area contributed by atoms with Crippen molar-refractivity contribution in [2.24, 2.45) is 23.7 Å². The van der Waals surface area contributed by atoms with Gasteiger partial charge in [0, 0.05) is 140 Å². The number of carbonyl (C=O) groups excluding carboxylic acids is 8. The number of carboxylic acids is 4. The average molecular weight is 1630 g/mol.